The lowest BCUT2D eigenvalue weighted by atomic mass is 9.87. The third-order valence-electron chi connectivity index (χ3n) is 6.52. The van der Waals surface area contributed by atoms with Gasteiger partial charge in [0.2, 0.25) is 0 Å². The van der Waals surface area contributed by atoms with Crippen LogP contribution >= 0.6 is 11.3 Å². The number of hydrogen-bond acceptors (Lipinski definition) is 7. The highest BCUT2D eigenvalue weighted by Crippen LogP contribution is 2.24. The van der Waals surface area contributed by atoms with E-state index in [4.69, 9.17) is 0 Å². The summed E-state index contributed by atoms with van der Waals surface area (Å²) in [5.74, 6) is -0.602. The largest absolute Gasteiger partial charge is 0.388 e. The molecule has 1 fully saturated rings. The van der Waals surface area contributed by atoms with Crippen molar-refractivity contribution in [3.63, 3.8) is 0 Å². The third-order valence-corrected chi connectivity index (χ3v) is 7.64. The molecule has 0 saturated carbocycles. The lowest BCUT2D eigenvalue weighted by Gasteiger charge is -2.19. The van der Waals surface area contributed by atoms with Crippen LogP contribution in [0.1, 0.15) is 63.9 Å². The number of Topliss-reactive ketones (excluding diaryl/α,β-unsaturated/α-hetero) is 1. The van der Waals surface area contributed by atoms with E-state index in [1.165, 1.54) is 9.58 Å². The van der Waals surface area contributed by atoms with Gasteiger partial charge < -0.3 is 15.1 Å². The molecule has 1 aromatic carbocycles. The number of hydrogen-bond donors (Lipinski definition) is 3. The maximum Gasteiger partial charge on any atom is 0.280 e. The summed E-state index contributed by atoms with van der Waals surface area (Å²) < 4.78 is 1.47. The summed E-state index contributed by atoms with van der Waals surface area (Å²) in [4.78, 5) is 45.0. The van der Waals surface area contributed by atoms with Crippen molar-refractivity contribution in [2.75, 3.05) is 19.6 Å². The first-order valence-corrected chi connectivity index (χ1v) is 12.9. The molecule has 3 heterocycles. The van der Waals surface area contributed by atoms with Crippen molar-refractivity contribution in [2.24, 2.45) is 4.99 Å². The van der Waals surface area contributed by atoms with E-state index >= 15 is 0 Å². The fraction of sp³-hybridized carbons (Fsp3) is 0.407. The zero-order chi connectivity index (χ0) is 27.1. The van der Waals surface area contributed by atoms with Gasteiger partial charge in [0, 0.05) is 24.5 Å². The van der Waals surface area contributed by atoms with E-state index in [9.17, 15) is 24.6 Å². The second-order valence-electron chi connectivity index (χ2n) is 10.4. The smallest absolute Gasteiger partial charge is 0.280 e. The molecular weight excluding hydrogens is 492 g/mol. The number of rotatable bonds is 6. The average molecular weight is 525 g/mol. The SMILES string of the molecule is CC(=NCC(=O)c1ccc(C(=O)N2CC(O)C(O)C2)s1)c1c(C)[nH]n(-c2ccc(C(C)(C)C)cc2)c1=O. The number of carbonyl (C=O) groups excluding carboxylic acids is 2. The zero-order valence-electron chi connectivity index (χ0n) is 21.6. The van der Waals surface area contributed by atoms with E-state index in [2.05, 4.69) is 30.9 Å². The number of aliphatic hydroxyl groups excluding tert-OH is 2. The van der Waals surface area contributed by atoms with Crippen molar-refractivity contribution in [1.82, 2.24) is 14.7 Å². The van der Waals surface area contributed by atoms with Gasteiger partial charge in [-0.25, -0.2) is 4.68 Å². The lowest BCUT2D eigenvalue weighted by Crippen LogP contribution is -2.29. The van der Waals surface area contributed by atoms with Crippen molar-refractivity contribution in [1.29, 1.82) is 0 Å². The monoisotopic (exact) mass is 524 g/mol. The summed E-state index contributed by atoms with van der Waals surface area (Å²) >= 11 is 1.05. The second kappa shape index (κ2) is 10.2. The Bertz CT molecular complexity index is 1400. The fourth-order valence-corrected chi connectivity index (χ4v) is 5.21. The van der Waals surface area contributed by atoms with Crippen molar-refractivity contribution in [3.8, 4) is 5.69 Å². The van der Waals surface area contributed by atoms with Crippen molar-refractivity contribution in [3.05, 3.63) is 73.3 Å². The highest BCUT2D eigenvalue weighted by atomic mass is 32.1. The molecule has 1 amide bonds. The lowest BCUT2D eigenvalue weighted by molar-refractivity contribution is 0.0572. The van der Waals surface area contributed by atoms with E-state index in [0.717, 1.165) is 16.9 Å². The van der Waals surface area contributed by atoms with Crippen molar-refractivity contribution >= 4 is 28.7 Å². The van der Waals surface area contributed by atoms with Gasteiger partial charge in [0.15, 0.2) is 5.78 Å². The van der Waals surface area contributed by atoms with Crippen LogP contribution in [-0.2, 0) is 5.41 Å². The number of aliphatic hydroxyl groups is 2. The number of likely N-dealkylation sites (tertiary alicyclic amines) is 1. The van der Waals surface area contributed by atoms with Crippen LogP contribution in [0, 0.1) is 6.92 Å². The Labute approximate surface area is 219 Å². The molecule has 3 aromatic rings. The minimum Gasteiger partial charge on any atom is -0.388 e. The first-order chi connectivity index (χ1) is 17.4. The number of β-amino-alcohol motifs (C(OH)–C–C–N with tert-alkyl or cyclic N) is 2. The molecule has 0 bridgehead atoms. The highest BCUT2D eigenvalue weighted by molar-refractivity contribution is 7.16. The highest BCUT2D eigenvalue weighted by Gasteiger charge is 2.33. The number of thiophene rings is 1. The Morgan fingerprint density at radius 1 is 1.05 bits per heavy atom. The van der Waals surface area contributed by atoms with Gasteiger partial charge in [-0.05, 0) is 49.1 Å². The van der Waals surface area contributed by atoms with Crippen LogP contribution in [-0.4, -0.2) is 74.1 Å². The minimum atomic E-state index is -0.966. The zero-order valence-corrected chi connectivity index (χ0v) is 22.4. The first-order valence-electron chi connectivity index (χ1n) is 12.1. The molecule has 1 aliphatic heterocycles. The van der Waals surface area contributed by atoms with E-state index < -0.39 is 12.2 Å². The fourth-order valence-electron chi connectivity index (χ4n) is 4.31. The summed E-state index contributed by atoms with van der Waals surface area (Å²) in [6.07, 6.45) is -1.93. The van der Waals surface area contributed by atoms with Crippen LogP contribution in [0.5, 0.6) is 0 Å². The van der Waals surface area contributed by atoms with Gasteiger partial charge in [-0.3, -0.25) is 24.5 Å². The maximum atomic E-state index is 13.2. The summed E-state index contributed by atoms with van der Waals surface area (Å²) in [5, 5.41) is 22.5. The average Bonchev–Trinajstić information content (AvgIpc) is 3.54. The van der Waals surface area contributed by atoms with E-state index in [1.54, 1.807) is 26.0 Å². The Kier molecular flexibility index (Phi) is 7.36. The van der Waals surface area contributed by atoms with Gasteiger partial charge in [0.1, 0.15) is 6.54 Å². The van der Waals surface area contributed by atoms with E-state index in [1.807, 2.05) is 24.3 Å². The Hall–Kier alpha value is -3.34. The summed E-state index contributed by atoms with van der Waals surface area (Å²) in [5.41, 5.74) is 3.16. The number of aromatic nitrogens is 2. The van der Waals surface area contributed by atoms with Gasteiger partial charge in [-0.2, -0.15) is 0 Å². The number of benzene rings is 1. The molecule has 3 N–H and O–H groups in total. The number of amides is 1. The molecule has 4 rings (SSSR count). The number of aryl methyl sites for hydroxylation is 1. The molecule has 0 aliphatic carbocycles. The summed E-state index contributed by atoms with van der Waals surface area (Å²) in [6, 6.07) is 10.9. The molecule has 37 heavy (non-hydrogen) atoms. The Morgan fingerprint density at radius 3 is 2.24 bits per heavy atom. The first kappa shape index (κ1) is 26.7. The molecule has 2 aromatic heterocycles. The predicted molar refractivity (Wildman–Crippen MR) is 143 cm³/mol. The summed E-state index contributed by atoms with van der Waals surface area (Å²) in [7, 11) is 0. The van der Waals surface area contributed by atoms with E-state index in [0.29, 0.717) is 32.4 Å². The van der Waals surface area contributed by atoms with Crippen LogP contribution in [0.2, 0.25) is 0 Å². The topological polar surface area (TPSA) is 128 Å². The van der Waals surface area contributed by atoms with Gasteiger partial charge in [-0.1, -0.05) is 32.9 Å². The van der Waals surface area contributed by atoms with Crippen LogP contribution < -0.4 is 5.56 Å². The Balaban J connectivity index is 1.47. The number of H-pyrrole nitrogens is 1. The van der Waals surface area contributed by atoms with E-state index in [-0.39, 0.29) is 42.3 Å². The number of aromatic amines is 1. The number of aliphatic imine (C=N–C) groups is 1. The molecule has 0 spiro atoms. The van der Waals surface area contributed by atoms with Crippen molar-refractivity contribution < 1.29 is 19.8 Å². The maximum absolute atomic E-state index is 13.2. The molecule has 9 nitrogen and oxygen atoms in total. The number of nitrogens with one attached hydrogen (secondary N) is 1. The molecule has 0 radical (unpaired) electrons. The quantitative estimate of drug-likeness (QED) is 0.337. The predicted octanol–water partition coefficient (Wildman–Crippen LogP) is 2.70. The number of carbonyl (C=O) groups is 2. The molecular formula is C27H32N4O5S. The number of nitrogens with zero attached hydrogens (tertiary/aromatic N) is 3. The normalized spacial score (nSPS) is 18.5. The number of ketones is 1. The molecule has 2 unspecified atom stereocenters. The molecule has 196 valence electrons. The van der Waals surface area contributed by atoms with Crippen LogP contribution in [0.25, 0.3) is 5.69 Å². The van der Waals surface area contributed by atoms with Gasteiger partial charge in [0.05, 0.1) is 33.2 Å². The van der Waals surface area contributed by atoms with Crippen molar-refractivity contribution in [2.45, 2.75) is 52.2 Å². The summed E-state index contributed by atoms with van der Waals surface area (Å²) in [6.45, 7) is 9.83. The molecule has 2 atom stereocenters. The molecule has 10 heteroatoms. The third kappa shape index (κ3) is 5.51. The molecule has 1 aliphatic rings. The van der Waals surface area contributed by atoms with Gasteiger partial charge >= 0.3 is 0 Å². The van der Waals surface area contributed by atoms with Gasteiger partial charge in [0.25, 0.3) is 11.5 Å². The van der Waals surface area contributed by atoms with Gasteiger partial charge in [-0.15, -0.1) is 11.3 Å². The minimum absolute atomic E-state index is 0.00582. The standard InChI is InChI=1S/C27H32N4O5S/c1-15(24-16(2)29-31(26(24)36)18-8-6-17(7-9-18)27(3,4)5)28-12-19(32)22-10-11-23(37-22)25(35)30-13-20(33)21(34)14-30/h6-11,20-21,29,33-34H,12-14H2,1-5H3. The second-order valence-corrected chi connectivity index (χ2v) is 11.5. The van der Waals surface area contributed by atoms with Crippen LogP contribution in [0.3, 0.4) is 0 Å². The Morgan fingerprint density at radius 2 is 1.65 bits per heavy atom. The molecule has 1 saturated heterocycles. The van der Waals surface area contributed by atoms with Crippen LogP contribution in [0.4, 0.5) is 0 Å². The van der Waals surface area contributed by atoms with Crippen LogP contribution in [0.15, 0.2) is 46.2 Å².